The predicted molar refractivity (Wildman–Crippen MR) is 90.1 cm³/mol. The van der Waals surface area contributed by atoms with Crippen molar-refractivity contribution in [3.63, 3.8) is 0 Å². The number of fused-ring (bicyclic) bond motifs is 1. The zero-order valence-electron chi connectivity index (χ0n) is 12.2. The number of hydrogen-bond acceptors (Lipinski definition) is 2. The minimum absolute atomic E-state index is 0.00451. The number of anilines is 1. The number of imidazole rings is 1. The number of halogens is 1. The van der Waals surface area contributed by atoms with Gasteiger partial charge in [-0.05, 0) is 23.8 Å². The molecule has 0 spiro atoms. The van der Waals surface area contributed by atoms with E-state index >= 15 is 0 Å². The highest BCUT2D eigenvalue weighted by molar-refractivity contribution is 6.30. The van der Waals surface area contributed by atoms with Crippen molar-refractivity contribution < 1.29 is 4.79 Å². The molecule has 1 aromatic heterocycles. The number of carbonyl (C=O) groups is 1. The largest absolute Gasteiger partial charge is 0.310 e. The van der Waals surface area contributed by atoms with Crippen molar-refractivity contribution in [3.8, 4) is 5.69 Å². The second-order valence-corrected chi connectivity index (χ2v) is 5.98. The summed E-state index contributed by atoms with van der Waals surface area (Å²) in [7, 11) is 0. The Balaban J connectivity index is 1.83. The monoisotopic (exact) mass is 323 g/mol. The SMILES string of the molecule is O=C1CC(c2ccccc2)c2ncn(-c3cccc(Cl)c3)c2N1. The molecule has 3 aromatic rings. The molecule has 2 heterocycles. The first kappa shape index (κ1) is 14.0. The lowest BCUT2D eigenvalue weighted by atomic mass is 9.90. The summed E-state index contributed by atoms with van der Waals surface area (Å²) in [5.74, 6) is 0.688. The fourth-order valence-electron chi connectivity index (χ4n) is 2.99. The normalized spacial score (nSPS) is 16.7. The molecule has 2 aromatic carbocycles. The molecule has 1 atom stereocenters. The van der Waals surface area contributed by atoms with E-state index in [1.54, 1.807) is 6.33 Å². The average Bonchev–Trinajstić information content (AvgIpc) is 2.98. The molecule has 114 valence electrons. The van der Waals surface area contributed by atoms with Crippen molar-refractivity contribution in [2.45, 2.75) is 12.3 Å². The molecule has 5 heteroatoms. The van der Waals surface area contributed by atoms with Gasteiger partial charge in [-0.25, -0.2) is 4.98 Å². The lowest BCUT2D eigenvalue weighted by Crippen LogP contribution is -2.24. The number of nitrogens with zero attached hydrogens (tertiary/aromatic N) is 2. The van der Waals surface area contributed by atoms with Crippen molar-refractivity contribution >= 4 is 23.3 Å². The smallest absolute Gasteiger partial charge is 0.226 e. The number of hydrogen-bond donors (Lipinski definition) is 1. The number of benzene rings is 2. The van der Waals surface area contributed by atoms with Crippen LogP contribution in [0.3, 0.4) is 0 Å². The Kier molecular flexibility index (Phi) is 3.39. The second-order valence-electron chi connectivity index (χ2n) is 5.54. The quantitative estimate of drug-likeness (QED) is 0.775. The summed E-state index contributed by atoms with van der Waals surface area (Å²) < 4.78 is 1.87. The number of aromatic nitrogens is 2. The highest BCUT2D eigenvalue weighted by Crippen LogP contribution is 2.37. The summed E-state index contributed by atoms with van der Waals surface area (Å²) in [6, 6.07) is 17.5. The molecule has 0 bridgehead atoms. The van der Waals surface area contributed by atoms with Gasteiger partial charge in [0.2, 0.25) is 5.91 Å². The van der Waals surface area contributed by atoms with E-state index in [0.29, 0.717) is 11.4 Å². The first-order valence-corrected chi connectivity index (χ1v) is 7.78. The standard InChI is InChI=1S/C18H14ClN3O/c19-13-7-4-8-14(9-13)22-11-20-17-15(10-16(23)21-18(17)22)12-5-2-1-3-6-12/h1-9,11,15H,10H2,(H,21,23). The van der Waals surface area contributed by atoms with E-state index in [1.165, 1.54) is 0 Å². The lowest BCUT2D eigenvalue weighted by Gasteiger charge is -2.23. The highest BCUT2D eigenvalue weighted by Gasteiger charge is 2.30. The molecule has 1 N–H and O–H groups in total. The van der Waals surface area contributed by atoms with E-state index in [9.17, 15) is 4.79 Å². The first-order chi connectivity index (χ1) is 11.2. The molecule has 0 saturated heterocycles. The van der Waals surface area contributed by atoms with Crippen LogP contribution in [0, 0.1) is 0 Å². The van der Waals surface area contributed by atoms with E-state index in [0.717, 1.165) is 22.8 Å². The molecule has 0 aliphatic carbocycles. The fraction of sp³-hybridized carbons (Fsp3) is 0.111. The Bertz CT molecular complexity index is 873. The summed E-state index contributed by atoms with van der Waals surface area (Å²) in [6.07, 6.45) is 2.14. The van der Waals surface area contributed by atoms with Gasteiger partial charge in [0.25, 0.3) is 0 Å². The number of rotatable bonds is 2. The van der Waals surface area contributed by atoms with Gasteiger partial charge in [-0.1, -0.05) is 48.0 Å². The maximum atomic E-state index is 12.2. The van der Waals surface area contributed by atoms with Gasteiger partial charge in [0.05, 0.1) is 5.69 Å². The molecule has 23 heavy (non-hydrogen) atoms. The van der Waals surface area contributed by atoms with Gasteiger partial charge in [-0.2, -0.15) is 0 Å². The molecule has 1 aliphatic rings. The number of amides is 1. The van der Waals surface area contributed by atoms with E-state index in [-0.39, 0.29) is 11.8 Å². The van der Waals surface area contributed by atoms with Crippen LogP contribution in [0.5, 0.6) is 0 Å². The van der Waals surface area contributed by atoms with Crippen LogP contribution in [0.4, 0.5) is 5.82 Å². The summed E-state index contributed by atoms with van der Waals surface area (Å²) >= 11 is 6.08. The van der Waals surface area contributed by atoms with Crippen molar-refractivity contribution in [2.75, 3.05) is 5.32 Å². The number of carbonyl (C=O) groups excluding carboxylic acids is 1. The van der Waals surface area contributed by atoms with Gasteiger partial charge in [0.1, 0.15) is 12.1 Å². The molecule has 4 nitrogen and oxygen atoms in total. The van der Waals surface area contributed by atoms with Crippen LogP contribution in [-0.4, -0.2) is 15.5 Å². The molecular weight excluding hydrogens is 310 g/mol. The van der Waals surface area contributed by atoms with Crippen LogP contribution < -0.4 is 5.32 Å². The van der Waals surface area contributed by atoms with Gasteiger partial charge in [-0.15, -0.1) is 0 Å². The Hall–Kier alpha value is -2.59. The minimum Gasteiger partial charge on any atom is -0.310 e. The lowest BCUT2D eigenvalue weighted by molar-refractivity contribution is -0.116. The fourth-order valence-corrected chi connectivity index (χ4v) is 3.17. The Morgan fingerprint density at radius 3 is 2.74 bits per heavy atom. The topological polar surface area (TPSA) is 46.9 Å². The van der Waals surface area contributed by atoms with Gasteiger partial charge < -0.3 is 5.32 Å². The third-order valence-corrected chi connectivity index (χ3v) is 4.30. The zero-order chi connectivity index (χ0) is 15.8. The third-order valence-electron chi connectivity index (χ3n) is 4.06. The van der Waals surface area contributed by atoms with Gasteiger partial charge >= 0.3 is 0 Å². The van der Waals surface area contributed by atoms with Crippen molar-refractivity contribution in [1.29, 1.82) is 0 Å². The average molecular weight is 324 g/mol. The summed E-state index contributed by atoms with van der Waals surface area (Å²) in [4.78, 5) is 16.7. The summed E-state index contributed by atoms with van der Waals surface area (Å²) in [5.41, 5.74) is 2.86. The third kappa shape index (κ3) is 2.51. The molecular formula is C18H14ClN3O. The summed E-state index contributed by atoms with van der Waals surface area (Å²) in [5, 5.41) is 3.59. The second kappa shape index (κ2) is 5.56. The maximum absolute atomic E-state index is 12.2. The van der Waals surface area contributed by atoms with Crippen molar-refractivity contribution in [1.82, 2.24) is 9.55 Å². The molecule has 0 fully saturated rings. The maximum Gasteiger partial charge on any atom is 0.226 e. The van der Waals surface area contributed by atoms with E-state index < -0.39 is 0 Å². The van der Waals surface area contributed by atoms with Crippen LogP contribution in [0.15, 0.2) is 60.9 Å². The van der Waals surface area contributed by atoms with Crippen LogP contribution in [0.2, 0.25) is 5.02 Å². The minimum atomic E-state index is -0.0274. The zero-order valence-corrected chi connectivity index (χ0v) is 13.0. The van der Waals surface area contributed by atoms with Crippen molar-refractivity contribution in [3.05, 3.63) is 77.2 Å². The van der Waals surface area contributed by atoms with Gasteiger partial charge in [-0.3, -0.25) is 9.36 Å². The Morgan fingerprint density at radius 1 is 1.13 bits per heavy atom. The Labute approximate surface area is 138 Å². The highest BCUT2D eigenvalue weighted by atomic mass is 35.5. The van der Waals surface area contributed by atoms with Crippen molar-refractivity contribution in [2.24, 2.45) is 0 Å². The van der Waals surface area contributed by atoms with Crippen LogP contribution in [0.25, 0.3) is 5.69 Å². The molecule has 1 amide bonds. The molecule has 0 saturated carbocycles. The van der Waals surface area contributed by atoms with E-state index in [2.05, 4.69) is 10.3 Å². The van der Waals surface area contributed by atoms with Crippen LogP contribution in [-0.2, 0) is 4.79 Å². The first-order valence-electron chi connectivity index (χ1n) is 7.40. The van der Waals surface area contributed by atoms with Crippen LogP contribution in [0.1, 0.15) is 23.6 Å². The molecule has 0 radical (unpaired) electrons. The predicted octanol–water partition coefficient (Wildman–Crippen LogP) is 4.00. The van der Waals surface area contributed by atoms with E-state index in [1.807, 2.05) is 59.2 Å². The molecule has 1 aliphatic heterocycles. The van der Waals surface area contributed by atoms with Gasteiger partial charge in [0.15, 0.2) is 0 Å². The van der Waals surface area contributed by atoms with Crippen LogP contribution >= 0.6 is 11.6 Å². The number of nitrogens with one attached hydrogen (secondary N) is 1. The van der Waals surface area contributed by atoms with E-state index in [4.69, 9.17) is 11.6 Å². The Morgan fingerprint density at radius 2 is 1.96 bits per heavy atom. The summed E-state index contributed by atoms with van der Waals surface area (Å²) in [6.45, 7) is 0. The molecule has 1 unspecified atom stereocenters. The van der Waals surface area contributed by atoms with Gasteiger partial charge in [0, 0.05) is 23.0 Å². The molecule has 4 rings (SSSR count).